The van der Waals surface area contributed by atoms with E-state index < -0.39 is 5.54 Å². The molecule has 6 nitrogen and oxygen atoms in total. The molecule has 21 heavy (non-hydrogen) atoms. The highest BCUT2D eigenvalue weighted by Gasteiger charge is 2.27. The second-order valence-electron chi connectivity index (χ2n) is 4.99. The quantitative estimate of drug-likeness (QED) is 0.886. The third kappa shape index (κ3) is 4.27. The summed E-state index contributed by atoms with van der Waals surface area (Å²) < 4.78 is 0. The average molecular weight is 310 g/mol. The van der Waals surface area contributed by atoms with Gasteiger partial charge in [0.05, 0.1) is 23.6 Å². The van der Waals surface area contributed by atoms with Crippen LogP contribution in [0.3, 0.4) is 0 Å². The number of amides is 1. The second-order valence-corrected chi connectivity index (χ2v) is 4.99. The van der Waals surface area contributed by atoms with Gasteiger partial charge in [-0.15, -0.1) is 12.4 Å². The number of carbonyl (C=O) groups excluding carboxylic acids is 1. The molecule has 1 amide bonds. The van der Waals surface area contributed by atoms with Crippen LogP contribution < -0.4 is 11.1 Å². The Bertz CT molecular complexity index is 566. The Labute approximate surface area is 130 Å². The van der Waals surface area contributed by atoms with Gasteiger partial charge in [-0.05, 0) is 37.6 Å². The zero-order valence-corrected chi connectivity index (χ0v) is 12.9. The maximum atomic E-state index is 12.1. The molecule has 1 aromatic heterocycles. The average Bonchev–Trinajstić information content (AvgIpc) is 2.93. The number of hydrogen-bond acceptors (Lipinski definition) is 4. The van der Waals surface area contributed by atoms with Gasteiger partial charge in [0.15, 0.2) is 0 Å². The molecule has 1 aromatic carbocycles. The zero-order valence-electron chi connectivity index (χ0n) is 12.1. The molecular weight excluding hydrogens is 290 g/mol. The minimum absolute atomic E-state index is 0. The summed E-state index contributed by atoms with van der Waals surface area (Å²) in [6, 6.07) is 7.28. The maximum Gasteiger partial charge on any atom is 0.244 e. The molecule has 2 aromatic rings. The highest BCUT2D eigenvalue weighted by Crippen LogP contribution is 2.15. The topological polar surface area (TPSA) is 85.8 Å². The van der Waals surface area contributed by atoms with Crippen molar-refractivity contribution in [2.75, 3.05) is 5.32 Å². The lowest BCUT2D eigenvalue weighted by Gasteiger charge is -2.22. The van der Waals surface area contributed by atoms with Crippen molar-refractivity contribution in [3.05, 3.63) is 36.7 Å². The summed E-state index contributed by atoms with van der Waals surface area (Å²) in [6.45, 7) is 3.75. The fourth-order valence-corrected chi connectivity index (χ4v) is 1.93. The molecule has 1 heterocycles. The van der Waals surface area contributed by atoms with Gasteiger partial charge in [-0.1, -0.05) is 13.3 Å². The van der Waals surface area contributed by atoms with Crippen LogP contribution in [0.2, 0.25) is 0 Å². The van der Waals surface area contributed by atoms with Crippen molar-refractivity contribution in [1.82, 2.24) is 15.0 Å². The molecule has 114 valence electrons. The van der Waals surface area contributed by atoms with Crippen molar-refractivity contribution < 1.29 is 4.79 Å². The number of hydrogen-bond donors (Lipinski definition) is 2. The molecule has 0 fully saturated rings. The monoisotopic (exact) mass is 309 g/mol. The van der Waals surface area contributed by atoms with E-state index in [1.807, 2.05) is 19.1 Å². The Morgan fingerprint density at radius 3 is 2.38 bits per heavy atom. The minimum atomic E-state index is -0.850. The summed E-state index contributed by atoms with van der Waals surface area (Å²) in [7, 11) is 0. The number of nitrogens with zero attached hydrogens (tertiary/aromatic N) is 3. The standard InChI is InChI=1S/C14H19N5O.ClH/c1-3-8-14(2,15)13(20)18-11-4-6-12(7-5-11)19-16-9-10-17-19;/h4-7,9-10H,3,8,15H2,1-2H3,(H,18,20);1H. The van der Waals surface area contributed by atoms with Gasteiger partial charge in [-0.25, -0.2) is 0 Å². The molecule has 0 aliphatic carbocycles. The highest BCUT2D eigenvalue weighted by molar-refractivity contribution is 5.97. The Kier molecular flexibility index (Phi) is 5.87. The molecule has 0 radical (unpaired) electrons. The van der Waals surface area contributed by atoms with Gasteiger partial charge < -0.3 is 11.1 Å². The number of nitrogens with one attached hydrogen (secondary N) is 1. The van der Waals surface area contributed by atoms with Gasteiger partial charge >= 0.3 is 0 Å². The summed E-state index contributed by atoms with van der Waals surface area (Å²) >= 11 is 0. The Hall–Kier alpha value is -1.92. The predicted molar refractivity (Wildman–Crippen MR) is 84.7 cm³/mol. The van der Waals surface area contributed by atoms with Crippen LogP contribution in [0.4, 0.5) is 5.69 Å². The summed E-state index contributed by atoms with van der Waals surface area (Å²) in [5.74, 6) is -0.177. The molecule has 0 saturated carbocycles. The lowest BCUT2D eigenvalue weighted by atomic mass is 9.96. The SMILES string of the molecule is CCCC(C)(N)C(=O)Nc1ccc(-n2nccn2)cc1.Cl. The van der Waals surface area contributed by atoms with E-state index in [0.717, 1.165) is 12.1 Å². The lowest BCUT2D eigenvalue weighted by Crippen LogP contribution is -2.48. The number of nitrogens with two attached hydrogens (primary N) is 1. The summed E-state index contributed by atoms with van der Waals surface area (Å²) in [4.78, 5) is 13.6. The van der Waals surface area contributed by atoms with Gasteiger partial charge in [0, 0.05) is 5.69 Å². The van der Waals surface area contributed by atoms with Crippen LogP contribution in [0, 0.1) is 0 Å². The van der Waals surface area contributed by atoms with Gasteiger partial charge in [0.25, 0.3) is 0 Å². The first kappa shape index (κ1) is 17.1. The highest BCUT2D eigenvalue weighted by atomic mass is 35.5. The van der Waals surface area contributed by atoms with Crippen LogP contribution in [0.1, 0.15) is 26.7 Å². The molecule has 2 rings (SSSR count). The van der Waals surface area contributed by atoms with E-state index in [4.69, 9.17) is 5.73 Å². The van der Waals surface area contributed by atoms with Crippen molar-refractivity contribution in [3.63, 3.8) is 0 Å². The smallest absolute Gasteiger partial charge is 0.244 e. The first-order valence-corrected chi connectivity index (χ1v) is 6.60. The lowest BCUT2D eigenvalue weighted by molar-refractivity contribution is -0.120. The van der Waals surface area contributed by atoms with E-state index in [2.05, 4.69) is 15.5 Å². The third-order valence-electron chi connectivity index (χ3n) is 3.06. The molecule has 1 unspecified atom stereocenters. The van der Waals surface area contributed by atoms with Gasteiger partial charge in [0.1, 0.15) is 0 Å². The molecule has 3 N–H and O–H groups in total. The molecule has 0 saturated heterocycles. The summed E-state index contributed by atoms with van der Waals surface area (Å²) in [5.41, 5.74) is 6.68. The van der Waals surface area contributed by atoms with Crippen molar-refractivity contribution in [1.29, 1.82) is 0 Å². The molecule has 0 aliphatic rings. The minimum Gasteiger partial charge on any atom is -0.325 e. The van der Waals surface area contributed by atoms with Crippen LogP contribution >= 0.6 is 12.4 Å². The normalized spacial score (nSPS) is 13.1. The van der Waals surface area contributed by atoms with Gasteiger partial charge in [-0.2, -0.15) is 15.0 Å². The van der Waals surface area contributed by atoms with Crippen LogP contribution in [-0.2, 0) is 4.79 Å². The third-order valence-corrected chi connectivity index (χ3v) is 3.06. The Morgan fingerprint density at radius 1 is 1.29 bits per heavy atom. The van der Waals surface area contributed by atoms with E-state index in [9.17, 15) is 4.79 Å². The van der Waals surface area contributed by atoms with E-state index >= 15 is 0 Å². The van der Waals surface area contributed by atoms with Crippen molar-refractivity contribution in [2.45, 2.75) is 32.2 Å². The zero-order chi connectivity index (χ0) is 14.6. The fourth-order valence-electron chi connectivity index (χ4n) is 1.93. The molecular formula is C14H20ClN5O. The predicted octanol–water partition coefficient (Wildman–Crippen LogP) is 2.15. The summed E-state index contributed by atoms with van der Waals surface area (Å²) in [6.07, 6.45) is 4.74. The van der Waals surface area contributed by atoms with Crippen molar-refractivity contribution >= 4 is 24.0 Å². The molecule has 0 aliphatic heterocycles. The molecule has 0 bridgehead atoms. The van der Waals surface area contributed by atoms with Crippen LogP contribution in [0.25, 0.3) is 5.69 Å². The van der Waals surface area contributed by atoms with Crippen molar-refractivity contribution in [2.24, 2.45) is 5.73 Å². The van der Waals surface area contributed by atoms with Crippen LogP contribution in [0.5, 0.6) is 0 Å². The van der Waals surface area contributed by atoms with E-state index in [-0.39, 0.29) is 18.3 Å². The van der Waals surface area contributed by atoms with Gasteiger partial charge in [0.2, 0.25) is 5.91 Å². The number of aromatic nitrogens is 3. The number of benzene rings is 1. The largest absolute Gasteiger partial charge is 0.325 e. The summed E-state index contributed by atoms with van der Waals surface area (Å²) in [5, 5.41) is 10.9. The van der Waals surface area contributed by atoms with E-state index in [0.29, 0.717) is 12.1 Å². The maximum absolute atomic E-state index is 12.1. The van der Waals surface area contributed by atoms with Gasteiger partial charge in [-0.3, -0.25) is 4.79 Å². The van der Waals surface area contributed by atoms with Crippen LogP contribution in [-0.4, -0.2) is 26.4 Å². The number of anilines is 1. The Balaban J connectivity index is 0.00000220. The van der Waals surface area contributed by atoms with Crippen LogP contribution in [0.15, 0.2) is 36.7 Å². The fraction of sp³-hybridized carbons (Fsp3) is 0.357. The first-order valence-electron chi connectivity index (χ1n) is 6.60. The van der Waals surface area contributed by atoms with Crippen molar-refractivity contribution in [3.8, 4) is 5.69 Å². The van der Waals surface area contributed by atoms with E-state index in [1.165, 1.54) is 4.80 Å². The molecule has 0 spiro atoms. The Morgan fingerprint density at radius 2 is 1.86 bits per heavy atom. The van der Waals surface area contributed by atoms with E-state index in [1.54, 1.807) is 31.5 Å². The first-order chi connectivity index (χ1) is 9.53. The number of carbonyl (C=O) groups is 1. The molecule has 1 atom stereocenters. The number of halogens is 1. The second kappa shape index (κ2) is 7.19. The molecule has 7 heteroatoms. The number of rotatable bonds is 5.